The van der Waals surface area contributed by atoms with Crippen molar-refractivity contribution in [3.05, 3.63) is 83.9 Å². The third-order valence-corrected chi connectivity index (χ3v) is 17.5. The molecule has 6 rings (SSSR count). The number of cyclic esters (lactones) is 1. The van der Waals surface area contributed by atoms with Crippen LogP contribution < -0.4 is 20.9 Å². The number of aromatic nitrogens is 1. The molecular weight excluding hydrogens is 1110 g/mol. The monoisotopic (exact) mass is 1210 g/mol. The summed E-state index contributed by atoms with van der Waals surface area (Å²) < 4.78 is 5.99. The minimum Gasteiger partial charge on any atom is -0.450 e. The van der Waals surface area contributed by atoms with Gasteiger partial charge in [-0.15, -0.1) is 0 Å². The number of amides is 8. The van der Waals surface area contributed by atoms with Crippen LogP contribution in [0.2, 0.25) is 0 Å². The summed E-state index contributed by atoms with van der Waals surface area (Å²) in [6.45, 7) is 17.9. The molecule has 3 aliphatic heterocycles. The first-order valence-corrected chi connectivity index (χ1v) is 30.8. The zero-order valence-electron chi connectivity index (χ0n) is 53.6. The number of carbonyl (C=O) groups is 9. The van der Waals surface area contributed by atoms with Gasteiger partial charge in [0.15, 0.2) is 12.1 Å². The fourth-order valence-corrected chi connectivity index (χ4v) is 11.6. The molecule has 8 unspecified atom stereocenters. The Morgan fingerprint density at radius 2 is 1.29 bits per heavy atom. The molecule has 87 heavy (non-hydrogen) atoms. The zero-order valence-corrected chi connectivity index (χ0v) is 53.6. The Morgan fingerprint density at radius 1 is 0.655 bits per heavy atom. The van der Waals surface area contributed by atoms with E-state index in [-0.39, 0.29) is 38.1 Å². The average molecular weight is 1210 g/mol. The molecule has 22 heteroatoms. The molecule has 10 atom stereocenters. The van der Waals surface area contributed by atoms with Crippen LogP contribution in [0.3, 0.4) is 0 Å². The molecule has 2 aromatic carbocycles. The largest absolute Gasteiger partial charge is 0.450 e. The summed E-state index contributed by atoms with van der Waals surface area (Å²) in [4.78, 5) is 149. The third-order valence-electron chi connectivity index (χ3n) is 17.5. The van der Waals surface area contributed by atoms with E-state index in [2.05, 4.69) is 32.8 Å². The van der Waals surface area contributed by atoms with Gasteiger partial charge in [-0.3, -0.25) is 38.4 Å². The molecule has 0 aliphatic carbocycles. The van der Waals surface area contributed by atoms with Crippen molar-refractivity contribution in [1.29, 1.82) is 0 Å². The smallest absolute Gasteiger partial charge is 0.332 e. The van der Waals surface area contributed by atoms with Crippen LogP contribution in [0, 0.1) is 17.8 Å². The Balaban J connectivity index is 1.45. The van der Waals surface area contributed by atoms with Crippen LogP contribution in [0.4, 0.5) is 5.82 Å². The SMILES string of the molecule is CCC(C)C1NC(=O)C2CCCN2C(=O)C(Cc2cccc(-c3cccc(N4CCN(C)CC4)n3)c2)N(C)C(=O)C(Cc2ccccc2)NC(=O)CN(C)C(=O)C([C@H](C)CC)OC(=O)C(C(C)(C)O)N(C)C(=O)C(CC(C)C)NC(=O)[C@H](C)N(C)C1=O. The second-order valence-corrected chi connectivity index (χ2v) is 25.2. The fourth-order valence-electron chi connectivity index (χ4n) is 11.6. The molecule has 22 nitrogen and oxygen atoms in total. The molecule has 4 heterocycles. The third kappa shape index (κ3) is 17.4. The Labute approximate surface area is 514 Å². The van der Waals surface area contributed by atoms with Crippen molar-refractivity contribution in [3.8, 4) is 11.3 Å². The van der Waals surface area contributed by atoms with E-state index in [9.17, 15) is 38.7 Å². The number of aliphatic hydroxyl groups is 1. The van der Waals surface area contributed by atoms with E-state index >= 15 is 9.59 Å². The number of ether oxygens (including phenoxy) is 1. The van der Waals surface area contributed by atoms with Crippen molar-refractivity contribution in [2.75, 3.05) is 79.4 Å². The van der Waals surface area contributed by atoms with E-state index < -0.39 is 126 Å². The van der Waals surface area contributed by atoms with E-state index in [4.69, 9.17) is 9.72 Å². The van der Waals surface area contributed by atoms with Gasteiger partial charge in [0.2, 0.25) is 41.4 Å². The van der Waals surface area contributed by atoms with Crippen molar-refractivity contribution < 1.29 is 53.0 Å². The highest BCUT2D eigenvalue weighted by molar-refractivity contribution is 5.98. The Morgan fingerprint density at radius 3 is 1.92 bits per heavy atom. The van der Waals surface area contributed by atoms with E-state index in [1.54, 1.807) is 45.0 Å². The topological polar surface area (TPSA) is 255 Å². The number of carbonyl (C=O) groups excluding carboxylic acids is 9. The van der Waals surface area contributed by atoms with Crippen LogP contribution in [0.15, 0.2) is 72.8 Å². The summed E-state index contributed by atoms with van der Waals surface area (Å²) in [5, 5.41) is 20.2. The minimum absolute atomic E-state index is 0.0245. The number of anilines is 1. The lowest BCUT2D eigenvalue weighted by molar-refractivity contribution is -0.176. The van der Waals surface area contributed by atoms with E-state index in [1.807, 2.05) is 69.3 Å². The molecule has 0 spiro atoms. The van der Waals surface area contributed by atoms with Gasteiger partial charge in [0.1, 0.15) is 42.1 Å². The van der Waals surface area contributed by atoms with Crippen molar-refractivity contribution in [1.82, 2.24) is 50.3 Å². The standard InChI is InChI=1S/C65H95N11O11/c1-15-41(5)54-62(83)72(12)43(7)57(78)68-48(35-40(3)4)60(81)74(14)56(65(8,9)86)64(85)87-55(42(6)16-2)63(84)71(11)39-53(77)67-49(37-44-23-18-17-19-24-44)59(80)73(13)51(61(82)76-30-22-28-50(76)58(79)69-54)38-45-25-20-26-46(36-45)47-27-21-29-52(66-47)75-33-31-70(10)32-34-75/h17-21,23-27,29,36,40-43,48-51,54-56,86H,15-16,22,28,30-35,37-39H2,1-14H3,(H,67,77)(H,68,78)(H,69,79)/t41?,42-,43+,48?,49?,50?,51?,54?,55?,56?/m1/s1. The highest BCUT2D eigenvalue weighted by atomic mass is 16.6. The predicted molar refractivity (Wildman–Crippen MR) is 331 cm³/mol. The van der Waals surface area contributed by atoms with Crippen LogP contribution in [-0.4, -0.2) is 221 Å². The molecule has 0 bridgehead atoms. The molecule has 4 N–H and O–H groups in total. The average Bonchev–Trinajstić information content (AvgIpc) is 4.21. The van der Waals surface area contributed by atoms with Crippen LogP contribution in [-0.2, 0) is 60.7 Å². The van der Waals surface area contributed by atoms with Crippen molar-refractivity contribution in [3.63, 3.8) is 0 Å². The highest BCUT2D eigenvalue weighted by Gasteiger charge is 2.47. The van der Waals surface area contributed by atoms with Crippen LogP contribution in [0.5, 0.6) is 0 Å². The number of piperazine rings is 1. The van der Waals surface area contributed by atoms with Gasteiger partial charge in [-0.1, -0.05) is 103 Å². The Hall–Kier alpha value is -7.46. The highest BCUT2D eigenvalue weighted by Crippen LogP contribution is 2.28. The molecular formula is C65H95N11O11. The fraction of sp³-hybridized carbons (Fsp3) is 0.600. The minimum atomic E-state index is -1.97. The Bertz CT molecular complexity index is 2910. The Kier molecular flexibility index (Phi) is 24.0. The zero-order chi connectivity index (χ0) is 64.2. The maximum atomic E-state index is 15.6. The number of hydrogen-bond acceptors (Lipinski definition) is 14. The lowest BCUT2D eigenvalue weighted by atomic mass is 9.94. The molecule has 1 aromatic heterocycles. The van der Waals surface area contributed by atoms with Gasteiger partial charge in [-0.2, -0.15) is 0 Å². The summed E-state index contributed by atoms with van der Waals surface area (Å²) in [5.41, 5.74) is 0.874. The van der Waals surface area contributed by atoms with Gasteiger partial charge in [0.25, 0.3) is 5.91 Å². The number of hydrogen-bond donors (Lipinski definition) is 4. The summed E-state index contributed by atoms with van der Waals surface area (Å²) in [7, 11) is 7.65. The maximum absolute atomic E-state index is 15.6. The van der Waals surface area contributed by atoms with Gasteiger partial charge >= 0.3 is 5.97 Å². The van der Waals surface area contributed by atoms with Gasteiger partial charge in [0, 0.05) is 85.2 Å². The first kappa shape index (κ1) is 68.7. The van der Waals surface area contributed by atoms with Gasteiger partial charge in [-0.25, -0.2) is 9.78 Å². The van der Waals surface area contributed by atoms with Gasteiger partial charge < -0.3 is 60.1 Å². The van der Waals surface area contributed by atoms with E-state index in [0.29, 0.717) is 36.1 Å². The van der Waals surface area contributed by atoms with Crippen LogP contribution in [0.1, 0.15) is 106 Å². The number of rotatable bonds is 13. The molecule has 3 saturated heterocycles. The summed E-state index contributed by atoms with van der Waals surface area (Å²) in [5.74, 6) is -6.96. The number of likely N-dealkylation sites (N-methyl/N-ethyl adjacent to an activating group) is 5. The lowest BCUT2D eigenvalue weighted by Crippen LogP contribution is -2.62. The van der Waals surface area contributed by atoms with Gasteiger partial charge in [0.05, 0.1) is 17.8 Å². The second kappa shape index (κ2) is 30.4. The number of nitrogens with zero attached hydrogens (tertiary/aromatic N) is 8. The quantitative estimate of drug-likeness (QED) is 0.179. The predicted octanol–water partition coefficient (Wildman–Crippen LogP) is 3.52. The van der Waals surface area contributed by atoms with Gasteiger partial charge in [-0.05, 0) is 94.7 Å². The summed E-state index contributed by atoms with van der Waals surface area (Å²) in [6.07, 6.45) is -0.0454. The molecule has 3 aliphatic rings. The molecule has 8 amide bonds. The maximum Gasteiger partial charge on any atom is 0.332 e. The lowest BCUT2D eigenvalue weighted by Gasteiger charge is -2.38. The first-order chi connectivity index (χ1) is 41.1. The van der Waals surface area contributed by atoms with Crippen LogP contribution >= 0.6 is 0 Å². The van der Waals surface area contributed by atoms with Crippen LogP contribution in [0.25, 0.3) is 11.3 Å². The molecule has 0 radical (unpaired) electrons. The van der Waals surface area contributed by atoms with E-state index in [1.165, 1.54) is 63.7 Å². The van der Waals surface area contributed by atoms with E-state index in [0.717, 1.165) is 47.4 Å². The summed E-state index contributed by atoms with van der Waals surface area (Å²) >= 11 is 0. The summed E-state index contributed by atoms with van der Waals surface area (Å²) in [6, 6.07) is 13.5. The van der Waals surface area contributed by atoms with Crippen molar-refractivity contribution in [2.45, 2.75) is 161 Å². The molecule has 476 valence electrons. The van der Waals surface area contributed by atoms with Crippen molar-refractivity contribution in [2.24, 2.45) is 17.8 Å². The number of esters is 1. The molecule has 0 saturated carbocycles. The first-order valence-electron chi connectivity index (χ1n) is 30.8. The number of nitrogens with one attached hydrogen (secondary N) is 3. The van der Waals surface area contributed by atoms with Crippen molar-refractivity contribution >= 4 is 59.0 Å². The second-order valence-electron chi connectivity index (χ2n) is 25.2. The normalized spacial score (nSPS) is 25.4. The number of benzene rings is 2. The number of pyridine rings is 1. The molecule has 3 aromatic rings. The number of fused-ring (bicyclic) bond motifs is 1. The molecule has 3 fully saturated rings.